The summed E-state index contributed by atoms with van der Waals surface area (Å²) in [6.45, 7) is 2.53. The molecule has 3 aromatic rings. The summed E-state index contributed by atoms with van der Waals surface area (Å²) in [6, 6.07) is 25.0. The number of para-hydroxylation sites is 2. The van der Waals surface area contributed by atoms with Crippen molar-refractivity contribution in [1.29, 1.82) is 0 Å². The van der Waals surface area contributed by atoms with Crippen LogP contribution in [0.3, 0.4) is 0 Å². The first kappa shape index (κ1) is 18.1. The number of benzene rings is 3. The first-order valence-electron chi connectivity index (χ1n) is 9.59. The van der Waals surface area contributed by atoms with Crippen LogP contribution in [0.1, 0.15) is 18.9 Å². The van der Waals surface area contributed by atoms with Gasteiger partial charge in [-0.3, -0.25) is 4.79 Å². The molecule has 0 bridgehead atoms. The number of hydrogen-bond acceptors (Lipinski definition) is 3. The zero-order chi connectivity index (χ0) is 19.3. The molecule has 1 unspecified atom stereocenters. The van der Waals surface area contributed by atoms with E-state index in [1.165, 1.54) is 5.56 Å². The lowest BCUT2D eigenvalue weighted by molar-refractivity contribution is -0.124. The lowest BCUT2D eigenvalue weighted by Gasteiger charge is -2.31. The van der Waals surface area contributed by atoms with Gasteiger partial charge in [-0.1, -0.05) is 36.4 Å². The Morgan fingerprint density at radius 3 is 2.29 bits per heavy atom. The first-order valence-corrected chi connectivity index (χ1v) is 9.59. The highest BCUT2D eigenvalue weighted by atomic mass is 16.5. The molecule has 0 spiro atoms. The molecule has 1 amide bonds. The normalized spacial score (nSPS) is 14.1. The largest absolute Gasteiger partial charge is 0.481 e. The fraction of sp³-hybridized carbons (Fsp3) is 0.208. The van der Waals surface area contributed by atoms with Gasteiger partial charge < -0.3 is 14.4 Å². The van der Waals surface area contributed by atoms with Gasteiger partial charge in [-0.2, -0.15) is 0 Å². The topological polar surface area (TPSA) is 38.8 Å². The Labute approximate surface area is 165 Å². The third-order valence-corrected chi connectivity index (χ3v) is 4.84. The standard InChI is InChI=1S/C24H23NO3/c1-18(24(26)25-17-7-9-19-8-5-6-12-23(19)25)27-21-13-15-22(16-14-21)28-20-10-3-2-4-11-20/h2-6,8,10-16,18H,7,9,17H2,1H3. The summed E-state index contributed by atoms with van der Waals surface area (Å²) in [7, 11) is 0. The molecule has 4 rings (SSSR count). The highest BCUT2D eigenvalue weighted by molar-refractivity contribution is 5.97. The van der Waals surface area contributed by atoms with Crippen molar-refractivity contribution < 1.29 is 14.3 Å². The van der Waals surface area contributed by atoms with Gasteiger partial charge in [0.25, 0.3) is 5.91 Å². The van der Waals surface area contributed by atoms with Crippen molar-refractivity contribution in [2.45, 2.75) is 25.9 Å². The van der Waals surface area contributed by atoms with E-state index < -0.39 is 6.10 Å². The highest BCUT2D eigenvalue weighted by Gasteiger charge is 2.27. The zero-order valence-corrected chi connectivity index (χ0v) is 15.9. The van der Waals surface area contributed by atoms with E-state index >= 15 is 0 Å². The van der Waals surface area contributed by atoms with Crippen molar-refractivity contribution in [3.05, 3.63) is 84.4 Å². The Balaban J connectivity index is 1.41. The molecule has 0 radical (unpaired) electrons. The van der Waals surface area contributed by atoms with Gasteiger partial charge in [-0.25, -0.2) is 0 Å². The summed E-state index contributed by atoms with van der Waals surface area (Å²) in [5.74, 6) is 2.13. The lowest BCUT2D eigenvalue weighted by atomic mass is 10.0. The number of carbonyl (C=O) groups is 1. The number of nitrogens with zero attached hydrogens (tertiary/aromatic N) is 1. The number of fused-ring (bicyclic) bond motifs is 1. The molecule has 0 aliphatic carbocycles. The number of rotatable bonds is 5. The maximum atomic E-state index is 12.9. The third-order valence-electron chi connectivity index (χ3n) is 4.84. The predicted octanol–water partition coefficient (Wildman–Crippen LogP) is 5.23. The van der Waals surface area contributed by atoms with Crippen LogP contribution in [-0.4, -0.2) is 18.6 Å². The summed E-state index contributed by atoms with van der Waals surface area (Å²) in [5.41, 5.74) is 2.22. The summed E-state index contributed by atoms with van der Waals surface area (Å²) >= 11 is 0. The van der Waals surface area contributed by atoms with E-state index in [4.69, 9.17) is 9.47 Å². The van der Waals surface area contributed by atoms with Crippen LogP contribution in [0.25, 0.3) is 0 Å². The van der Waals surface area contributed by atoms with Crippen molar-refractivity contribution in [3.8, 4) is 17.2 Å². The minimum Gasteiger partial charge on any atom is -0.481 e. The van der Waals surface area contributed by atoms with Crippen LogP contribution in [0.2, 0.25) is 0 Å². The first-order chi connectivity index (χ1) is 13.7. The van der Waals surface area contributed by atoms with Gasteiger partial charge >= 0.3 is 0 Å². The van der Waals surface area contributed by atoms with Crippen LogP contribution >= 0.6 is 0 Å². The minimum absolute atomic E-state index is 0.0169. The number of aryl methyl sites for hydroxylation is 1. The molecule has 0 N–H and O–H groups in total. The maximum Gasteiger partial charge on any atom is 0.267 e. The Morgan fingerprint density at radius 2 is 1.50 bits per heavy atom. The average molecular weight is 373 g/mol. The quantitative estimate of drug-likeness (QED) is 0.615. The van der Waals surface area contributed by atoms with Crippen LogP contribution in [0, 0.1) is 0 Å². The molecule has 1 aliphatic rings. The van der Waals surface area contributed by atoms with Gasteiger partial charge in [-0.05, 0) is 67.8 Å². The van der Waals surface area contributed by atoms with Crippen LogP contribution in [-0.2, 0) is 11.2 Å². The van der Waals surface area contributed by atoms with E-state index in [9.17, 15) is 4.79 Å². The van der Waals surface area contributed by atoms with Gasteiger partial charge in [0.1, 0.15) is 17.2 Å². The van der Waals surface area contributed by atoms with Crippen LogP contribution in [0.4, 0.5) is 5.69 Å². The second-order valence-corrected chi connectivity index (χ2v) is 6.87. The molecule has 1 heterocycles. The summed E-state index contributed by atoms with van der Waals surface area (Å²) < 4.78 is 11.7. The number of ether oxygens (including phenoxy) is 2. The van der Waals surface area contributed by atoms with E-state index in [0.29, 0.717) is 5.75 Å². The van der Waals surface area contributed by atoms with Gasteiger partial charge in [0.05, 0.1) is 0 Å². The molecule has 3 aromatic carbocycles. The van der Waals surface area contributed by atoms with Gasteiger partial charge in [0.15, 0.2) is 6.10 Å². The molecule has 142 valence electrons. The zero-order valence-electron chi connectivity index (χ0n) is 15.9. The highest BCUT2D eigenvalue weighted by Crippen LogP contribution is 2.28. The molecule has 1 aliphatic heterocycles. The average Bonchev–Trinajstić information content (AvgIpc) is 2.75. The van der Waals surface area contributed by atoms with Gasteiger partial charge in [-0.15, -0.1) is 0 Å². The number of anilines is 1. The van der Waals surface area contributed by atoms with E-state index in [1.54, 1.807) is 6.92 Å². The molecule has 0 fully saturated rings. The van der Waals surface area contributed by atoms with E-state index in [0.717, 1.165) is 36.6 Å². The molecule has 0 aromatic heterocycles. The molecule has 0 saturated heterocycles. The van der Waals surface area contributed by atoms with Crippen molar-refractivity contribution >= 4 is 11.6 Å². The van der Waals surface area contributed by atoms with Crippen LogP contribution in [0.15, 0.2) is 78.9 Å². The van der Waals surface area contributed by atoms with Crippen molar-refractivity contribution in [3.63, 3.8) is 0 Å². The van der Waals surface area contributed by atoms with Crippen molar-refractivity contribution in [2.75, 3.05) is 11.4 Å². The molecular formula is C24H23NO3. The third kappa shape index (κ3) is 4.01. The predicted molar refractivity (Wildman–Crippen MR) is 110 cm³/mol. The van der Waals surface area contributed by atoms with Gasteiger partial charge in [0, 0.05) is 12.2 Å². The minimum atomic E-state index is -0.563. The van der Waals surface area contributed by atoms with Crippen molar-refractivity contribution in [1.82, 2.24) is 0 Å². The van der Waals surface area contributed by atoms with Crippen LogP contribution in [0.5, 0.6) is 17.2 Å². The van der Waals surface area contributed by atoms with Gasteiger partial charge in [0.2, 0.25) is 0 Å². The van der Waals surface area contributed by atoms with E-state index in [1.807, 2.05) is 77.7 Å². The fourth-order valence-electron chi connectivity index (χ4n) is 3.45. The summed E-state index contributed by atoms with van der Waals surface area (Å²) in [5, 5.41) is 0. The number of amides is 1. The summed E-state index contributed by atoms with van der Waals surface area (Å²) in [6.07, 6.45) is 1.42. The summed E-state index contributed by atoms with van der Waals surface area (Å²) in [4.78, 5) is 14.8. The second kappa shape index (κ2) is 8.17. The maximum absolute atomic E-state index is 12.9. The molecule has 4 heteroatoms. The molecular weight excluding hydrogens is 350 g/mol. The van der Waals surface area contributed by atoms with E-state index in [-0.39, 0.29) is 5.91 Å². The molecule has 28 heavy (non-hydrogen) atoms. The van der Waals surface area contributed by atoms with Crippen molar-refractivity contribution in [2.24, 2.45) is 0 Å². The Morgan fingerprint density at radius 1 is 0.857 bits per heavy atom. The fourth-order valence-corrected chi connectivity index (χ4v) is 3.45. The van der Waals surface area contributed by atoms with E-state index in [2.05, 4.69) is 6.07 Å². The smallest absolute Gasteiger partial charge is 0.267 e. The number of hydrogen-bond donors (Lipinski definition) is 0. The molecule has 0 saturated carbocycles. The second-order valence-electron chi connectivity index (χ2n) is 6.87. The molecule has 1 atom stereocenters. The monoisotopic (exact) mass is 373 g/mol. The molecule has 4 nitrogen and oxygen atoms in total. The number of carbonyl (C=O) groups excluding carboxylic acids is 1. The SMILES string of the molecule is CC(Oc1ccc(Oc2ccccc2)cc1)C(=O)N1CCCc2ccccc21. The Bertz CT molecular complexity index is 938. The Kier molecular flexibility index (Phi) is 5.29. The lowest BCUT2D eigenvalue weighted by Crippen LogP contribution is -2.43. The Hall–Kier alpha value is -3.27. The van der Waals surface area contributed by atoms with Crippen LogP contribution < -0.4 is 14.4 Å².